The molecule has 4 heterocycles. The Labute approximate surface area is 350 Å². The van der Waals surface area contributed by atoms with Gasteiger partial charge in [-0.3, -0.25) is 15.1 Å². The van der Waals surface area contributed by atoms with Gasteiger partial charge in [-0.15, -0.1) is 0 Å². The third-order valence-electron chi connectivity index (χ3n) is 11.6. The summed E-state index contributed by atoms with van der Waals surface area (Å²) in [6, 6.07) is 10.5. The van der Waals surface area contributed by atoms with E-state index in [2.05, 4.69) is 37.0 Å². The highest BCUT2D eigenvalue weighted by molar-refractivity contribution is 6.35. The maximum absolute atomic E-state index is 14.8. The van der Waals surface area contributed by atoms with E-state index in [4.69, 9.17) is 20.5 Å². The lowest BCUT2D eigenvalue weighted by Gasteiger charge is -2.47. The highest BCUT2D eigenvalue weighted by Gasteiger charge is 2.56. The van der Waals surface area contributed by atoms with Crippen molar-refractivity contribution < 1.29 is 46.1 Å². The number of carbonyl (C=O) groups excluding carboxylic acids is 2. The molecule has 0 aliphatic carbocycles. The number of carbonyl (C=O) groups is 2. The average molecular weight is 853 g/mol. The van der Waals surface area contributed by atoms with Crippen LogP contribution in [0.15, 0.2) is 54.7 Å². The van der Waals surface area contributed by atoms with Crippen molar-refractivity contribution in [1.29, 1.82) is 10.8 Å². The number of alkyl halides is 3. The standard InChI is InChI=1S/C43H49F5N8O5/c1-42(2,43(46,47)48)39(54-41(59)60-3)40(58)53-36(37(57)20-51-19-32-33(44)15-28(16-34(32)45)35(50)17-49)14-26-7-4-25(5-8-26)6-9-27-10-13-38(52-18-27)55-21-29-11-12-30(22-55)56(29)31-23-61-24-31/h4-5,7-8,10,13,15-18,29-31,36-37,39,49-51,57H,11-12,14,19-24H2,1-3H3,(H,53,58)(H,54,59)/t29?,30?,36-,37-,39+/m0/s1. The summed E-state index contributed by atoms with van der Waals surface area (Å²) in [5.74, 6) is 3.82. The molecule has 6 N–H and O–H groups in total. The number of aliphatic hydroxyl groups excluding tert-OH is 1. The van der Waals surface area contributed by atoms with E-state index in [0.717, 1.165) is 65.2 Å². The predicted molar refractivity (Wildman–Crippen MR) is 217 cm³/mol. The minimum absolute atomic E-state index is 0.112. The fourth-order valence-corrected chi connectivity index (χ4v) is 7.85. The Morgan fingerprint density at radius 1 is 1.00 bits per heavy atom. The maximum atomic E-state index is 14.8. The highest BCUT2D eigenvalue weighted by atomic mass is 19.4. The zero-order chi connectivity index (χ0) is 44.1. The second kappa shape index (κ2) is 19.1. The molecule has 2 bridgehead atoms. The molecule has 2 aromatic carbocycles. The van der Waals surface area contributed by atoms with Crippen molar-refractivity contribution >= 4 is 29.7 Å². The van der Waals surface area contributed by atoms with Crippen LogP contribution in [0.4, 0.5) is 32.6 Å². The van der Waals surface area contributed by atoms with Crippen molar-refractivity contribution in [3.8, 4) is 11.8 Å². The molecule has 6 rings (SSSR count). The molecule has 2 unspecified atom stereocenters. The van der Waals surface area contributed by atoms with E-state index < -0.39 is 71.2 Å². The number of hydrogen-bond acceptors (Lipinski definition) is 11. The van der Waals surface area contributed by atoms with Crippen molar-refractivity contribution in [2.45, 2.75) is 82.1 Å². The second-order valence-corrected chi connectivity index (χ2v) is 16.1. The molecule has 3 aliphatic rings. The Kier molecular flexibility index (Phi) is 14.1. The zero-order valence-corrected chi connectivity index (χ0v) is 33.9. The van der Waals surface area contributed by atoms with Crippen molar-refractivity contribution in [3.05, 3.63) is 94.2 Å². The Hall–Kier alpha value is -5.48. The summed E-state index contributed by atoms with van der Waals surface area (Å²) in [5, 5.41) is 33.2. The van der Waals surface area contributed by atoms with Gasteiger partial charge < -0.3 is 40.8 Å². The van der Waals surface area contributed by atoms with Crippen LogP contribution < -0.4 is 20.9 Å². The normalized spacial score (nSPS) is 19.5. The van der Waals surface area contributed by atoms with Gasteiger partial charge in [0.05, 0.1) is 49.6 Å². The first-order chi connectivity index (χ1) is 29.0. The number of benzene rings is 2. The number of ether oxygens (including phenoxy) is 2. The van der Waals surface area contributed by atoms with Crippen LogP contribution in [0.1, 0.15) is 54.5 Å². The number of nitrogens with zero attached hydrogens (tertiary/aromatic N) is 3. The Morgan fingerprint density at radius 2 is 1.62 bits per heavy atom. The molecule has 3 aliphatic heterocycles. The van der Waals surface area contributed by atoms with Crippen LogP contribution >= 0.6 is 0 Å². The first-order valence-electron chi connectivity index (χ1n) is 19.8. The largest absolute Gasteiger partial charge is 0.453 e. The summed E-state index contributed by atoms with van der Waals surface area (Å²) in [5.41, 5.74) is -1.88. The molecule has 326 valence electrons. The number of anilines is 1. The molecule has 1 aromatic heterocycles. The highest BCUT2D eigenvalue weighted by Crippen LogP contribution is 2.41. The molecule has 13 nitrogen and oxygen atoms in total. The number of alkyl carbamates (subject to hydrolysis) is 1. The fourth-order valence-electron chi connectivity index (χ4n) is 7.85. The molecule has 3 saturated heterocycles. The van der Waals surface area contributed by atoms with Crippen LogP contribution in [0.2, 0.25) is 0 Å². The van der Waals surface area contributed by atoms with Crippen LogP contribution in [0.5, 0.6) is 0 Å². The molecule has 3 fully saturated rings. The van der Waals surface area contributed by atoms with Gasteiger partial charge >= 0.3 is 12.3 Å². The quantitative estimate of drug-likeness (QED) is 0.0740. The summed E-state index contributed by atoms with van der Waals surface area (Å²) in [4.78, 5) is 35.3. The Balaban J connectivity index is 1.14. The van der Waals surface area contributed by atoms with Gasteiger partial charge in [0, 0.05) is 72.9 Å². The molecule has 0 spiro atoms. The van der Waals surface area contributed by atoms with Crippen LogP contribution in [-0.2, 0) is 27.2 Å². The molecule has 61 heavy (non-hydrogen) atoms. The molecular weight excluding hydrogens is 804 g/mol. The van der Waals surface area contributed by atoms with E-state index in [9.17, 15) is 36.6 Å². The summed E-state index contributed by atoms with van der Waals surface area (Å²) in [7, 11) is 0.930. The number of fused-ring (bicyclic) bond motifs is 2. The lowest BCUT2D eigenvalue weighted by Crippen LogP contribution is -2.62. The molecular formula is C43H49F5N8O5. The number of methoxy groups -OCH3 is 1. The van der Waals surface area contributed by atoms with E-state index in [0.29, 0.717) is 41.0 Å². The van der Waals surface area contributed by atoms with Gasteiger partial charge in [-0.25, -0.2) is 18.6 Å². The summed E-state index contributed by atoms with van der Waals surface area (Å²) in [6.45, 7) is 4.09. The number of halogens is 5. The van der Waals surface area contributed by atoms with Crippen molar-refractivity contribution in [2.75, 3.05) is 44.9 Å². The van der Waals surface area contributed by atoms with E-state index in [1.54, 1.807) is 30.5 Å². The maximum Gasteiger partial charge on any atom is 0.407 e. The summed E-state index contributed by atoms with van der Waals surface area (Å²) in [6.07, 6.45) is -3.17. The lowest BCUT2D eigenvalue weighted by molar-refractivity contribution is -0.220. The third kappa shape index (κ3) is 10.5. The van der Waals surface area contributed by atoms with Crippen molar-refractivity contribution in [1.82, 2.24) is 25.8 Å². The minimum atomic E-state index is -4.96. The van der Waals surface area contributed by atoms with Gasteiger partial charge in [0.25, 0.3) is 0 Å². The Morgan fingerprint density at radius 3 is 2.16 bits per heavy atom. The number of amides is 2. The summed E-state index contributed by atoms with van der Waals surface area (Å²) < 4.78 is 82.0. The minimum Gasteiger partial charge on any atom is -0.453 e. The fraction of sp³-hybridized carbons (Fsp3) is 0.465. The molecule has 0 radical (unpaired) electrons. The van der Waals surface area contributed by atoms with E-state index in [1.165, 1.54) is 12.8 Å². The van der Waals surface area contributed by atoms with Gasteiger partial charge in [0.15, 0.2) is 0 Å². The Bertz CT molecular complexity index is 2100. The SMILES string of the molecule is COC(=O)N[C@H](C(=O)N[C@@H](Cc1ccc(C#Cc2ccc(N3CC4CCC(C3)N4C3COC3)nc2)cc1)[C@@H](O)CNCc1c(F)cc(C(=N)C=N)cc1F)C(C)(C)C(F)(F)F. The molecule has 3 aromatic rings. The second-order valence-electron chi connectivity index (χ2n) is 16.1. The van der Waals surface area contributed by atoms with E-state index in [-0.39, 0.29) is 18.5 Å². The average Bonchev–Trinajstić information content (AvgIpc) is 3.44. The number of hydrogen-bond donors (Lipinski definition) is 6. The topological polar surface area (TPSA) is 176 Å². The smallest absolute Gasteiger partial charge is 0.407 e. The lowest BCUT2D eigenvalue weighted by atomic mass is 9.82. The number of aromatic nitrogens is 1. The van der Waals surface area contributed by atoms with E-state index in [1.807, 2.05) is 17.4 Å². The van der Waals surface area contributed by atoms with Gasteiger partial charge in [0.1, 0.15) is 23.5 Å². The van der Waals surface area contributed by atoms with Crippen LogP contribution in [0, 0.1) is 39.7 Å². The molecule has 5 atom stereocenters. The van der Waals surface area contributed by atoms with Gasteiger partial charge in [-0.1, -0.05) is 24.0 Å². The van der Waals surface area contributed by atoms with Crippen LogP contribution in [0.3, 0.4) is 0 Å². The monoisotopic (exact) mass is 852 g/mol. The molecule has 2 amide bonds. The number of pyridine rings is 1. The molecule has 0 saturated carbocycles. The van der Waals surface area contributed by atoms with Crippen molar-refractivity contribution in [3.63, 3.8) is 0 Å². The number of aliphatic hydroxyl groups is 1. The van der Waals surface area contributed by atoms with Gasteiger partial charge in [-0.2, -0.15) is 13.2 Å². The number of rotatable bonds is 15. The van der Waals surface area contributed by atoms with Gasteiger partial charge in [-0.05, 0) is 75.1 Å². The first-order valence-corrected chi connectivity index (χ1v) is 19.8. The predicted octanol–water partition coefficient (Wildman–Crippen LogP) is 4.32. The van der Waals surface area contributed by atoms with Gasteiger partial charge in [0.2, 0.25) is 5.91 Å². The number of nitrogens with one attached hydrogen (secondary N) is 5. The van der Waals surface area contributed by atoms with Crippen LogP contribution in [0.25, 0.3) is 0 Å². The summed E-state index contributed by atoms with van der Waals surface area (Å²) >= 11 is 0. The first kappa shape index (κ1) is 45.1. The van der Waals surface area contributed by atoms with E-state index >= 15 is 0 Å². The molecule has 18 heteroatoms. The van der Waals surface area contributed by atoms with Crippen molar-refractivity contribution in [2.24, 2.45) is 5.41 Å². The third-order valence-corrected chi connectivity index (χ3v) is 11.6. The van der Waals surface area contributed by atoms with Crippen LogP contribution in [-0.4, -0.2) is 121 Å². The zero-order valence-electron chi connectivity index (χ0n) is 33.9. The number of piperazine rings is 1.